The second kappa shape index (κ2) is 6.04. The summed E-state index contributed by atoms with van der Waals surface area (Å²) in [5, 5.41) is 0. The normalized spacial score (nSPS) is 21.8. The fourth-order valence-corrected chi connectivity index (χ4v) is 2.07. The summed E-state index contributed by atoms with van der Waals surface area (Å²) in [7, 11) is 0. The lowest BCUT2D eigenvalue weighted by Gasteiger charge is -2.30. The summed E-state index contributed by atoms with van der Waals surface area (Å²) >= 11 is 0. The molecule has 1 aromatic carbocycles. The number of benzene rings is 1. The molecule has 1 aliphatic rings. The van der Waals surface area contributed by atoms with Gasteiger partial charge < -0.3 is 9.47 Å². The van der Waals surface area contributed by atoms with Crippen LogP contribution in [0.15, 0.2) is 18.2 Å². The first kappa shape index (κ1) is 15.2. The molecule has 0 radical (unpaired) electrons. The van der Waals surface area contributed by atoms with Crippen LogP contribution in [0.25, 0.3) is 0 Å². The zero-order valence-corrected chi connectivity index (χ0v) is 10.4. The number of halogens is 4. The molecule has 0 bridgehead atoms. The van der Waals surface area contributed by atoms with Crippen LogP contribution in [-0.4, -0.2) is 25.9 Å². The number of nitrogens with two attached hydrogens (primary N) is 1. The maximum absolute atomic E-state index is 13.5. The lowest BCUT2D eigenvalue weighted by atomic mass is 10.00. The summed E-state index contributed by atoms with van der Waals surface area (Å²) in [5.41, 5.74) is 1.38. The van der Waals surface area contributed by atoms with E-state index in [-0.39, 0.29) is 12.2 Å². The van der Waals surface area contributed by atoms with Crippen LogP contribution in [0.4, 0.5) is 17.6 Å². The standard InChI is InChI=1S/C12H14F4N2O2/c13-9-5-7(1-2-8(9)12(14,15)16)11(18-17)10-6-19-3-4-20-10/h1-2,5,10-11,18H,3-4,6,17H2. The van der Waals surface area contributed by atoms with Crippen LogP contribution in [0, 0.1) is 5.82 Å². The third-order valence-corrected chi connectivity index (χ3v) is 3.05. The van der Waals surface area contributed by atoms with Crippen molar-refractivity contribution in [2.24, 2.45) is 5.84 Å². The van der Waals surface area contributed by atoms with Crippen molar-refractivity contribution in [3.8, 4) is 0 Å². The summed E-state index contributed by atoms with van der Waals surface area (Å²) in [5.74, 6) is 4.04. The van der Waals surface area contributed by atoms with Crippen molar-refractivity contribution < 1.29 is 27.0 Å². The van der Waals surface area contributed by atoms with E-state index in [1.165, 1.54) is 6.07 Å². The molecule has 1 heterocycles. The molecule has 20 heavy (non-hydrogen) atoms. The Morgan fingerprint density at radius 1 is 1.30 bits per heavy atom. The highest BCUT2D eigenvalue weighted by Gasteiger charge is 2.35. The molecule has 1 aromatic rings. The molecule has 2 unspecified atom stereocenters. The van der Waals surface area contributed by atoms with Crippen molar-refractivity contribution in [1.82, 2.24) is 5.43 Å². The van der Waals surface area contributed by atoms with E-state index in [4.69, 9.17) is 15.3 Å². The van der Waals surface area contributed by atoms with E-state index in [1.807, 2.05) is 0 Å². The van der Waals surface area contributed by atoms with Gasteiger partial charge in [0.05, 0.1) is 31.4 Å². The number of hydrogen-bond donors (Lipinski definition) is 2. The monoisotopic (exact) mass is 294 g/mol. The zero-order valence-electron chi connectivity index (χ0n) is 10.4. The second-order valence-corrected chi connectivity index (χ2v) is 4.37. The van der Waals surface area contributed by atoms with Crippen LogP contribution in [0.3, 0.4) is 0 Å². The minimum Gasteiger partial charge on any atom is -0.376 e. The fraction of sp³-hybridized carbons (Fsp3) is 0.500. The summed E-state index contributed by atoms with van der Waals surface area (Å²) in [6.07, 6.45) is -5.21. The molecule has 0 saturated carbocycles. The minimum atomic E-state index is -4.72. The van der Waals surface area contributed by atoms with E-state index in [2.05, 4.69) is 5.43 Å². The topological polar surface area (TPSA) is 56.5 Å². The molecule has 1 saturated heterocycles. The molecule has 0 aromatic heterocycles. The van der Waals surface area contributed by atoms with E-state index in [0.29, 0.717) is 19.3 Å². The third-order valence-electron chi connectivity index (χ3n) is 3.05. The second-order valence-electron chi connectivity index (χ2n) is 4.37. The molecular weight excluding hydrogens is 280 g/mol. The van der Waals surface area contributed by atoms with Gasteiger partial charge in [0.1, 0.15) is 11.9 Å². The van der Waals surface area contributed by atoms with E-state index in [9.17, 15) is 17.6 Å². The van der Waals surface area contributed by atoms with Gasteiger partial charge in [-0.2, -0.15) is 13.2 Å². The predicted molar refractivity (Wildman–Crippen MR) is 62.0 cm³/mol. The van der Waals surface area contributed by atoms with E-state index in [0.717, 1.165) is 6.07 Å². The zero-order chi connectivity index (χ0) is 14.8. The highest BCUT2D eigenvalue weighted by atomic mass is 19.4. The molecule has 112 valence electrons. The Morgan fingerprint density at radius 2 is 2.05 bits per heavy atom. The molecule has 2 rings (SSSR count). The molecule has 0 amide bonds. The van der Waals surface area contributed by atoms with Crippen LogP contribution >= 0.6 is 0 Å². The third kappa shape index (κ3) is 3.26. The lowest BCUT2D eigenvalue weighted by molar-refractivity contribution is -0.140. The summed E-state index contributed by atoms with van der Waals surface area (Å²) in [6, 6.07) is 2.03. The summed E-state index contributed by atoms with van der Waals surface area (Å²) in [4.78, 5) is 0. The van der Waals surface area contributed by atoms with E-state index in [1.54, 1.807) is 0 Å². The Morgan fingerprint density at radius 3 is 2.55 bits per heavy atom. The molecular formula is C12H14F4N2O2. The predicted octanol–water partition coefficient (Wildman–Crippen LogP) is 1.76. The van der Waals surface area contributed by atoms with Gasteiger partial charge >= 0.3 is 6.18 Å². The number of ether oxygens (including phenoxy) is 2. The molecule has 1 aliphatic heterocycles. The Hall–Kier alpha value is -1.22. The molecule has 0 spiro atoms. The Bertz CT molecular complexity index is 461. The Labute approximate surface area is 112 Å². The average molecular weight is 294 g/mol. The first-order valence-electron chi connectivity index (χ1n) is 5.95. The molecule has 4 nitrogen and oxygen atoms in total. The van der Waals surface area contributed by atoms with Gasteiger partial charge in [0, 0.05) is 0 Å². The molecule has 3 N–H and O–H groups in total. The molecule has 2 atom stereocenters. The van der Waals surface area contributed by atoms with Gasteiger partial charge in [0.15, 0.2) is 0 Å². The van der Waals surface area contributed by atoms with Crippen molar-refractivity contribution in [3.05, 3.63) is 35.1 Å². The van der Waals surface area contributed by atoms with Crippen molar-refractivity contribution in [2.45, 2.75) is 18.3 Å². The summed E-state index contributed by atoms with van der Waals surface area (Å²) in [6.45, 7) is 1.03. The van der Waals surface area contributed by atoms with Gasteiger partial charge in [-0.1, -0.05) is 6.07 Å². The van der Waals surface area contributed by atoms with Gasteiger partial charge in [0.2, 0.25) is 0 Å². The van der Waals surface area contributed by atoms with Gasteiger partial charge in [-0.05, 0) is 17.7 Å². The SMILES string of the molecule is NNC(c1ccc(C(F)(F)F)c(F)c1)C1COCCO1. The minimum absolute atomic E-state index is 0.234. The highest BCUT2D eigenvalue weighted by molar-refractivity contribution is 5.29. The summed E-state index contributed by atoms with van der Waals surface area (Å²) < 4.78 is 61.6. The Balaban J connectivity index is 2.24. The van der Waals surface area contributed by atoms with Crippen molar-refractivity contribution >= 4 is 0 Å². The first-order chi connectivity index (χ1) is 9.43. The Kier molecular flexibility index (Phi) is 4.59. The van der Waals surface area contributed by atoms with E-state index < -0.39 is 29.7 Å². The van der Waals surface area contributed by atoms with Crippen LogP contribution < -0.4 is 11.3 Å². The molecule has 1 fully saturated rings. The van der Waals surface area contributed by atoms with Crippen molar-refractivity contribution in [3.63, 3.8) is 0 Å². The van der Waals surface area contributed by atoms with Crippen molar-refractivity contribution in [1.29, 1.82) is 0 Å². The van der Waals surface area contributed by atoms with Gasteiger partial charge in [-0.15, -0.1) is 0 Å². The van der Waals surface area contributed by atoms with Gasteiger partial charge in [-0.3, -0.25) is 11.3 Å². The van der Waals surface area contributed by atoms with Crippen LogP contribution in [0.2, 0.25) is 0 Å². The van der Waals surface area contributed by atoms with Crippen LogP contribution in [0.5, 0.6) is 0 Å². The number of hydrazine groups is 1. The number of hydrogen-bond acceptors (Lipinski definition) is 4. The van der Waals surface area contributed by atoms with Crippen LogP contribution in [0.1, 0.15) is 17.2 Å². The van der Waals surface area contributed by atoms with Gasteiger partial charge in [-0.25, -0.2) is 4.39 Å². The number of nitrogens with one attached hydrogen (secondary N) is 1. The van der Waals surface area contributed by atoms with Crippen molar-refractivity contribution in [2.75, 3.05) is 19.8 Å². The highest BCUT2D eigenvalue weighted by Crippen LogP contribution is 2.33. The maximum atomic E-state index is 13.5. The maximum Gasteiger partial charge on any atom is 0.419 e. The smallest absolute Gasteiger partial charge is 0.376 e. The fourth-order valence-electron chi connectivity index (χ4n) is 2.07. The van der Waals surface area contributed by atoms with Crippen LogP contribution in [-0.2, 0) is 15.7 Å². The van der Waals surface area contributed by atoms with Gasteiger partial charge in [0.25, 0.3) is 0 Å². The molecule has 0 aliphatic carbocycles. The molecule has 8 heteroatoms. The average Bonchev–Trinajstić information content (AvgIpc) is 2.39. The number of alkyl halides is 3. The number of rotatable bonds is 3. The quantitative estimate of drug-likeness (QED) is 0.507. The first-order valence-corrected chi connectivity index (χ1v) is 5.95. The largest absolute Gasteiger partial charge is 0.419 e. The van der Waals surface area contributed by atoms with E-state index >= 15 is 0 Å². The lowest BCUT2D eigenvalue weighted by Crippen LogP contribution is -2.43.